The van der Waals surface area contributed by atoms with Crippen LogP contribution in [0.1, 0.15) is 56.6 Å². The van der Waals surface area contributed by atoms with Crippen molar-refractivity contribution >= 4 is 69.0 Å². The minimum Gasteiger partial charge on any atom is -0.353 e. The summed E-state index contributed by atoms with van der Waals surface area (Å²) in [5, 5.41) is 14.4. The first-order chi connectivity index (χ1) is 26.7. The molecule has 0 saturated carbocycles. The molecule has 0 aliphatic carbocycles. The van der Waals surface area contributed by atoms with E-state index in [4.69, 9.17) is 0 Å². The van der Waals surface area contributed by atoms with Crippen molar-refractivity contribution in [2.45, 2.75) is 99.2 Å². The molecule has 4 amide bonds. The van der Waals surface area contributed by atoms with Crippen molar-refractivity contribution < 1.29 is 19.2 Å². The zero-order chi connectivity index (χ0) is 38.2. The number of fused-ring (bicyclic) bond motifs is 4. The summed E-state index contributed by atoms with van der Waals surface area (Å²) in [5.41, 5.74) is 6.41. The summed E-state index contributed by atoms with van der Waals surface area (Å²) in [6, 6.07) is 15.3. The fourth-order valence-electron chi connectivity index (χ4n) is 9.06. The van der Waals surface area contributed by atoms with E-state index in [1.807, 2.05) is 42.6 Å². The van der Waals surface area contributed by atoms with Gasteiger partial charge in [0.1, 0.15) is 12.1 Å². The van der Waals surface area contributed by atoms with Gasteiger partial charge in [0.15, 0.2) is 0 Å². The maximum absolute atomic E-state index is 14.3. The topological polar surface area (TPSA) is 154 Å². The molecule has 2 aromatic heterocycles. The molecule has 4 fully saturated rings. The Kier molecular flexibility index (Phi) is 11.2. The Morgan fingerprint density at radius 1 is 0.745 bits per heavy atom. The molecular formula is C41H52N8O4S2. The highest BCUT2D eigenvalue weighted by molar-refractivity contribution is 8.00. The van der Waals surface area contributed by atoms with E-state index < -0.39 is 12.1 Å². The number of hydrogen-bond acceptors (Lipinski definition) is 8. The van der Waals surface area contributed by atoms with Crippen LogP contribution in [0.15, 0.2) is 48.5 Å². The average molecular weight is 785 g/mol. The molecule has 0 radical (unpaired) electrons. The molecule has 0 spiro atoms. The van der Waals surface area contributed by atoms with Crippen molar-refractivity contribution in [1.82, 2.24) is 41.0 Å². The summed E-state index contributed by atoms with van der Waals surface area (Å²) in [6.45, 7) is 1.99. The number of rotatable bonds is 11. The second kappa shape index (κ2) is 16.2. The molecule has 0 bridgehead atoms. The number of likely N-dealkylation sites (N-methyl/N-ethyl adjacent to an activating group) is 2. The predicted octanol–water partition coefficient (Wildman–Crippen LogP) is 4.11. The normalized spacial score (nSPS) is 26.2. The van der Waals surface area contributed by atoms with Gasteiger partial charge in [0.2, 0.25) is 23.6 Å². The van der Waals surface area contributed by atoms with Crippen LogP contribution >= 0.6 is 23.5 Å². The highest BCUT2D eigenvalue weighted by Crippen LogP contribution is 2.43. The van der Waals surface area contributed by atoms with Crippen LogP contribution in [0.25, 0.3) is 33.2 Å². The number of nitrogens with one attached hydrogen (secondary N) is 6. The lowest BCUT2D eigenvalue weighted by Gasteiger charge is -2.31. The first kappa shape index (κ1) is 37.9. The highest BCUT2D eigenvalue weighted by atomic mass is 32.2. The molecule has 2 aromatic carbocycles. The number of aromatic nitrogens is 2. The third-order valence-electron chi connectivity index (χ3n) is 11.9. The monoisotopic (exact) mass is 784 g/mol. The van der Waals surface area contributed by atoms with Gasteiger partial charge < -0.3 is 41.0 Å². The molecule has 55 heavy (non-hydrogen) atoms. The van der Waals surface area contributed by atoms with Gasteiger partial charge in [-0.2, -0.15) is 0 Å². The molecule has 12 nitrogen and oxygen atoms in total. The summed E-state index contributed by atoms with van der Waals surface area (Å²) < 4.78 is 0. The number of nitrogens with zero attached hydrogens (tertiary/aromatic N) is 2. The number of para-hydroxylation sites is 2. The van der Waals surface area contributed by atoms with Gasteiger partial charge in [-0.25, -0.2) is 0 Å². The smallest absolute Gasteiger partial charge is 0.246 e. The van der Waals surface area contributed by atoms with Crippen molar-refractivity contribution in [3.05, 3.63) is 59.7 Å². The number of thioether (sulfide) groups is 2. The molecule has 4 aliphatic rings. The molecule has 7 atom stereocenters. The lowest BCUT2D eigenvalue weighted by molar-refractivity contribution is -0.138. The lowest BCUT2D eigenvalue weighted by Crippen LogP contribution is -2.54. The number of carbonyl (C=O) groups is 4. The number of H-pyrrole nitrogens is 2. The Hall–Kier alpha value is -3.98. The van der Waals surface area contributed by atoms with Gasteiger partial charge in [-0.15, -0.1) is 23.5 Å². The summed E-state index contributed by atoms with van der Waals surface area (Å²) >= 11 is 3.70. The molecule has 4 aromatic rings. The largest absolute Gasteiger partial charge is 0.353 e. The summed E-state index contributed by atoms with van der Waals surface area (Å²) in [7, 11) is 3.48. The second-order valence-corrected chi connectivity index (χ2v) is 17.8. The third-order valence-corrected chi connectivity index (χ3v) is 14.8. The van der Waals surface area contributed by atoms with Gasteiger partial charge in [-0.1, -0.05) is 36.4 Å². The number of amides is 4. The fourth-order valence-corrected chi connectivity index (χ4v) is 12.0. The minimum absolute atomic E-state index is 0.0118. The van der Waals surface area contributed by atoms with Crippen molar-refractivity contribution in [2.75, 3.05) is 32.1 Å². The fraction of sp³-hybridized carbons (Fsp3) is 0.512. The van der Waals surface area contributed by atoms with E-state index >= 15 is 0 Å². The number of carbonyl (C=O) groups excluding carboxylic acids is 4. The number of aromatic amines is 2. The van der Waals surface area contributed by atoms with E-state index in [0.717, 1.165) is 81.5 Å². The van der Waals surface area contributed by atoms with E-state index in [-0.39, 0.29) is 59.0 Å². The van der Waals surface area contributed by atoms with Crippen LogP contribution < -0.4 is 21.3 Å². The minimum atomic E-state index is -0.539. The van der Waals surface area contributed by atoms with Crippen LogP contribution in [-0.2, 0) is 32.0 Å². The van der Waals surface area contributed by atoms with Crippen LogP contribution in [0.5, 0.6) is 0 Å². The van der Waals surface area contributed by atoms with Gasteiger partial charge in [-0.3, -0.25) is 19.2 Å². The highest BCUT2D eigenvalue weighted by Gasteiger charge is 2.45. The molecule has 4 saturated heterocycles. The zero-order valence-corrected chi connectivity index (χ0v) is 33.4. The first-order valence-electron chi connectivity index (χ1n) is 19.7. The van der Waals surface area contributed by atoms with Gasteiger partial charge in [-0.05, 0) is 95.6 Å². The van der Waals surface area contributed by atoms with Gasteiger partial charge in [0.25, 0.3) is 0 Å². The third kappa shape index (κ3) is 7.38. The van der Waals surface area contributed by atoms with Crippen LogP contribution in [0, 0.1) is 0 Å². The summed E-state index contributed by atoms with van der Waals surface area (Å²) in [6.07, 6.45) is 6.20. The molecular weight excluding hydrogens is 733 g/mol. The quantitative estimate of drug-likeness (QED) is 0.133. The van der Waals surface area contributed by atoms with E-state index in [0.29, 0.717) is 25.7 Å². The number of benzene rings is 2. The molecule has 1 unspecified atom stereocenters. The second-order valence-electron chi connectivity index (χ2n) is 15.4. The van der Waals surface area contributed by atoms with Crippen LogP contribution in [-0.4, -0.2) is 116 Å². The van der Waals surface area contributed by atoms with Crippen LogP contribution in [0.2, 0.25) is 0 Å². The molecule has 292 valence electrons. The lowest BCUT2D eigenvalue weighted by atomic mass is 9.96. The van der Waals surface area contributed by atoms with Crippen molar-refractivity contribution in [2.24, 2.45) is 0 Å². The Labute approximate surface area is 330 Å². The molecule has 4 aliphatic heterocycles. The first-order valence-corrected chi connectivity index (χ1v) is 21.8. The van der Waals surface area contributed by atoms with Crippen molar-refractivity contribution in [3.63, 3.8) is 0 Å². The Morgan fingerprint density at radius 3 is 1.73 bits per heavy atom. The SMILES string of the molecule is CNCC(=O)N[C@H]1CCC[C@H]2SC[C@@H](Cc3c(-c4[nH]c5ccccc5c4CC4CS[C@@H]5CCC[C@H](NC(=O)[C@H](C)NC)C(=O)N45)[nH]c4ccccc34)N2C1=O. The average Bonchev–Trinajstić information content (AvgIpc) is 3.93. The van der Waals surface area contributed by atoms with E-state index in [2.05, 4.69) is 77.4 Å². The van der Waals surface area contributed by atoms with Gasteiger partial charge >= 0.3 is 0 Å². The van der Waals surface area contributed by atoms with E-state index in [1.165, 1.54) is 0 Å². The summed E-state index contributed by atoms with van der Waals surface area (Å²) in [5.74, 6) is 1.36. The van der Waals surface area contributed by atoms with E-state index in [9.17, 15) is 19.2 Å². The molecule has 6 N–H and O–H groups in total. The Morgan fingerprint density at radius 2 is 1.24 bits per heavy atom. The predicted molar refractivity (Wildman–Crippen MR) is 221 cm³/mol. The number of hydrogen-bond donors (Lipinski definition) is 6. The zero-order valence-electron chi connectivity index (χ0n) is 31.8. The molecule has 6 heterocycles. The van der Waals surface area contributed by atoms with Crippen molar-refractivity contribution in [1.29, 1.82) is 0 Å². The van der Waals surface area contributed by atoms with E-state index in [1.54, 1.807) is 14.1 Å². The maximum atomic E-state index is 14.3. The standard InChI is InChI=1S/C41H52N8O4S2/c1-23(43-3)39(51)47-33-15-9-17-36-49(41(33)53)25(22-55-36)19-29-27-11-5-7-13-31(27)46-38(29)37-28(26-10-4-6-12-30(26)45-37)18-24-21-54-35-16-8-14-32(40(52)48(24)35)44-34(50)20-42-2/h4-7,10-13,23-25,32-33,35-36,42-43,45-46H,8-9,14-22H2,1-3H3,(H,44,50)(H,47,51)/t23-,24+,25?,32-,33-,35+,36+/m0/s1. The maximum Gasteiger partial charge on any atom is 0.246 e. The van der Waals surface area contributed by atoms with Crippen LogP contribution in [0.4, 0.5) is 0 Å². The van der Waals surface area contributed by atoms with Gasteiger partial charge in [0, 0.05) is 45.4 Å². The molecule has 14 heteroatoms. The summed E-state index contributed by atoms with van der Waals surface area (Å²) in [4.78, 5) is 65.7. The Bertz CT molecular complexity index is 2080. The van der Waals surface area contributed by atoms with Crippen molar-refractivity contribution in [3.8, 4) is 11.4 Å². The van der Waals surface area contributed by atoms with Crippen LogP contribution in [0.3, 0.4) is 0 Å². The molecule has 8 rings (SSSR count). The Balaban J connectivity index is 1.14. The van der Waals surface area contributed by atoms with Gasteiger partial charge in [0.05, 0.1) is 34.7 Å².